The zero-order valence-electron chi connectivity index (χ0n) is 31.6. The van der Waals surface area contributed by atoms with E-state index in [1.807, 2.05) is 79.0 Å². The van der Waals surface area contributed by atoms with Gasteiger partial charge in [0.05, 0.1) is 15.9 Å². The van der Waals surface area contributed by atoms with Crippen molar-refractivity contribution in [1.82, 2.24) is 29.9 Å². The lowest BCUT2D eigenvalue weighted by Gasteiger charge is -2.13. The molecule has 6 nitrogen and oxygen atoms in total. The summed E-state index contributed by atoms with van der Waals surface area (Å²) in [5, 5.41) is 3.20. The van der Waals surface area contributed by atoms with Gasteiger partial charge in [-0.25, -0.2) is 29.9 Å². The highest BCUT2D eigenvalue weighted by Gasteiger charge is 2.19. The molecule has 4 aromatic heterocycles. The Hall–Kier alpha value is -7.74. The molecule has 0 aliphatic heterocycles. The predicted octanol–water partition coefficient (Wildman–Crippen LogP) is 13.2. The molecule has 11 rings (SSSR count). The van der Waals surface area contributed by atoms with Gasteiger partial charge in [0, 0.05) is 45.0 Å². The summed E-state index contributed by atoms with van der Waals surface area (Å²) < 4.78 is 1.03. The van der Waals surface area contributed by atoms with Crippen molar-refractivity contribution in [3.8, 4) is 79.1 Å². The first-order chi connectivity index (χ1) is 29.2. The van der Waals surface area contributed by atoms with E-state index in [-0.39, 0.29) is 0 Å². The molecule has 59 heavy (non-hydrogen) atoms. The Morgan fingerprint density at radius 2 is 0.814 bits per heavy atom. The minimum absolute atomic E-state index is 0.629. The molecular formula is C52H32N6S. The Bertz CT molecular complexity index is 3240. The maximum absolute atomic E-state index is 5.25. The van der Waals surface area contributed by atoms with E-state index in [0.29, 0.717) is 23.3 Å². The van der Waals surface area contributed by atoms with Crippen LogP contribution in [-0.4, -0.2) is 29.9 Å². The van der Waals surface area contributed by atoms with E-state index < -0.39 is 0 Å². The summed E-state index contributed by atoms with van der Waals surface area (Å²) in [6, 6.07) is 64.4. The molecule has 0 fully saturated rings. The fourth-order valence-electron chi connectivity index (χ4n) is 7.72. The van der Waals surface area contributed by atoms with Gasteiger partial charge in [0.15, 0.2) is 23.3 Å². The third-order valence-corrected chi connectivity index (χ3v) is 11.8. The van der Waals surface area contributed by atoms with Crippen molar-refractivity contribution in [2.45, 2.75) is 0 Å². The van der Waals surface area contributed by atoms with Crippen molar-refractivity contribution in [3.63, 3.8) is 0 Å². The molecule has 7 heteroatoms. The Kier molecular flexibility index (Phi) is 8.56. The lowest BCUT2D eigenvalue weighted by atomic mass is 9.94. The summed E-state index contributed by atoms with van der Waals surface area (Å²) >= 11 is 1.64. The number of pyridine rings is 1. The first-order valence-corrected chi connectivity index (χ1v) is 20.3. The van der Waals surface area contributed by atoms with E-state index in [4.69, 9.17) is 29.9 Å². The number of benzene rings is 7. The van der Waals surface area contributed by atoms with Gasteiger partial charge >= 0.3 is 0 Å². The maximum atomic E-state index is 5.25. The fraction of sp³-hybridized carbons (Fsp3) is 0. The van der Waals surface area contributed by atoms with Crippen LogP contribution in [0.15, 0.2) is 194 Å². The Morgan fingerprint density at radius 1 is 0.322 bits per heavy atom. The molecular weight excluding hydrogens is 741 g/mol. The van der Waals surface area contributed by atoms with Crippen LogP contribution < -0.4 is 0 Å². The Labute approximate surface area is 344 Å². The van der Waals surface area contributed by atoms with E-state index in [1.54, 1.807) is 11.3 Å². The molecule has 11 aromatic rings. The van der Waals surface area contributed by atoms with Crippen LogP contribution in [0.3, 0.4) is 0 Å². The van der Waals surface area contributed by atoms with Crippen molar-refractivity contribution in [2.75, 3.05) is 0 Å². The average molecular weight is 773 g/mol. The molecule has 0 saturated carbocycles. The topological polar surface area (TPSA) is 77.3 Å². The van der Waals surface area contributed by atoms with Crippen LogP contribution >= 0.6 is 11.3 Å². The van der Waals surface area contributed by atoms with Crippen LogP contribution in [0.2, 0.25) is 0 Å². The van der Waals surface area contributed by atoms with E-state index in [2.05, 4.69) is 115 Å². The zero-order valence-corrected chi connectivity index (χ0v) is 32.4. The molecule has 0 unspecified atom stereocenters. The second-order valence-corrected chi connectivity index (χ2v) is 15.3. The van der Waals surface area contributed by atoms with Gasteiger partial charge in [0.2, 0.25) is 0 Å². The quantitative estimate of drug-likeness (QED) is 0.161. The summed E-state index contributed by atoms with van der Waals surface area (Å²) in [5.74, 6) is 2.57. The molecule has 0 aliphatic rings. The predicted molar refractivity (Wildman–Crippen MR) is 242 cm³/mol. The van der Waals surface area contributed by atoms with Gasteiger partial charge in [0.1, 0.15) is 4.83 Å². The lowest BCUT2D eigenvalue weighted by Crippen LogP contribution is -2.00. The van der Waals surface area contributed by atoms with Crippen molar-refractivity contribution < 1.29 is 0 Å². The average Bonchev–Trinajstić information content (AvgIpc) is 3.70. The molecule has 0 bridgehead atoms. The summed E-state index contributed by atoms with van der Waals surface area (Å²) in [7, 11) is 0. The van der Waals surface area contributed by atoms with Crippen LogP contribution in [0.5, 0.6) is 0 Å². The van der Waals surface area contributed by atoms with Crippen LogP contribution in [0.25, 0.3) is 110 Å². The normalized spacial score (nSPS) is 11.4. The van der Waals surface area contributed by atoms with Gasteiger partial charge in [-0.2, -0.15) is 0 Å². The van der Waals surface area contributed by atoms with E-state index in [1.165, 1.54) is 0 Å². The van der Waals surface area contributed by atoms with E-state index in [0.717, 1.165) is 87.0 Å². The smallest absolute Gasteiger partial charge is 0.164 e. The molecule has 0 radical (unpaired) electrons. The fourth-order valence-corrected chi connectivity index (χ4v) is 8.80. The van der Waals surface area contributed by atoms with Crippen LogP contribution in [-0.2, 0) is 0 Å². The summed E-state index contributed by atoms with van der Waals surface area (Å²) in [4.78, 5) is 31.3. The van der Waals surface area contributed by atoms with E-state index in [9.17, 15) is 0 Å². The number of hydrogen-bond acceptors (Lipinski definition) is 7. The molecule has 0 spiro atoms. The SMILES string of the molecule is c1ccc(-c2cnc3sc4c(-c5ccccc5)nc(-c5ccc(-c6cccc7c(-c8nc(-c9ccccc9)nc(-c9ccccc9)n8)cccc67)cc5)nc4c3c2)cc1. The third kappa shape index (κ3) is 6.40. The second kappa shape index (κ2) is 14.6. The number of nitrogens with zero attached hydrogens (tertiary/aromatic N) is 6. The first-order valence-electron chi connectivity index (χ1n) is 19.4. The third-order valence-electron chi connectivity index (χ3n) is 10.6. The van der Waals surface area contributed by atoms with Gasteiger partial charge in [-0.05, 0) is 33.5 Å². The van der Waals surface area contributed by atoms with Gasteiger partial charge in [-0.1, -0.05) is 182 Å². The van der Waals surface area contributed by atoms with Crippen molar-refractivity contribution in [3.05, 3.63) is 194 Å². The zero-order chi connectivity index (χ0) is 39.1. The van der Waals surface area contributed by atoms with Gasteiger partial charge < -0.3 is 0 Å². The summed E-state index contributed by atoms with van der Waals surface area (Å²) in [6.07, 6.45) is 1.95. The first kappa shape index (κ1) is 34.5. The Morgan fingerprint density at radius 3 is 1.44 bits per heavy atom. The van der Waals surface area contributed by atoms with Crippen molar-refractivity contribution >= 4 is 42.5 Å². The number of fused-ring (bicyclic) bond motifs is 4. The number of rotatable bonds is 7. The second-order valence-electron chi connectivity index (χ2n) is 14.3. The highest BCUT2D eigenvalue weighted by molar-refractivity contribution is 7.25. The standard InChI is InChI=1S/C52H32N6S/c1-5-15-33(16-6-1)39-31-44-46-47(59-52(44)53-32-39)45(35-17-7-2-8-18-35)54-48(55-46)38-29-27-34(28-30-38)40-23-13-25-42-41(40)24-14-26-43(42)51-57-49(36-19-9-3-10-20-36)56-50(58-51)37-21-11-4-12-22-37/h1-32H. The minimum Gasteiger partial charge on any atom is -0.245 e. The molecule has 276 valence electrons. The highest BCUT2D eigenvalue weighted by Crippen LogP contribution is 2.41. The molecule has 0 saturated heterocycles. The van der Waals surface area contributed by atoms with Crippen LogP contribution in [0.4, 0.5) is 0 Å². The van der Waals surface area contributed by atoms with Gasteiger partial charge in [0.25, 0.3) is 0 Å². The Balaban J connectivity index is 1.01. The molecule has 7 aromatic carbocycles. The van der Waals surface area contributed by atoms with E-state index >= 15 is 0 Å². The minimum atomic E-state index is 0.629. The largest absolute Gasteiger partial charge is 0.245 e. The summed E-state index contributed by atoms with van der Waals surface area (Å²) in [5.41, 5.74) is 11.0. The van der Waals surface area contributed by atoms with Crippen molar-refractivity contribution in [2.24, 2.45) is 0 Å². The van der Waals surface area contributed by atoms with Gasteiger partial charge in [-0.15, -0.1) is 11.3 Å². The molecule has 0 amide bonds. The maximum Gasteiger partial charge on any atom is 0.164 e. The number of aromatic nitrogens is 6. The monoisotopic (exact) mass is 772 g/mol. The van der Waals surface area contributed by atoms with Crippen LogP contribution in [0, 0.1) is 0 Å². The molecule has 4 heterocycles. The van der Waals surface area contributed by atoms with Crippen molar-refractivity contribution in [1.29, 1.82) is 0 Å². The molecule has 0 atom stereocenters. The lowest BCUT2D eigenvalue weighted by molar-refractivity contribution is 1.08. The number of hydrogen-bond donors (Lipinski definition) is 0. The molecule has 0 aliphatic carbocycles. The van der Waals surface area contributed by atoms with Crippen LogP contribution in [0.1, 0.15) is 0 Å². The molecule has 0 N–H and O–H groups in total. The van der Waals surface area contributed by atoms with Gasteiger partial charge in [-0.3, -0.25) is 0 Å². The highest BCUT2D eigenvalue weighted by atomic mass is 32.1. The summed E-state index contributed by atoms with van der Waals surface area (Å²) in [6.45, 7) is 0. The number of thiophene rings is 1.